The van der Waals surface area contributed by atoms with E-state index in [-0.39, 0.29) is 0 Å². The van der Waals surface area contributed by atoms with E-state index in [1.807, 2.05) is 6.07 Å². The molecule has 2 heteroatoms. The topological polar surface area (TPSA) is 12.4 Å². The average molecular weight is 234 g/mol. The minimum atomic E-state index is 1.06. The van der Waals surface area contributed by atoms with E-state index in [9.17, 15) is 0 Å². The summed E-state index contributed by atoms with van der Waals surface area (Å²) in [5, 5.41) is 0. The summed E-state index contributed by atoms with van der Waals surface area (Å²) in [5.41, 5.74) is 6.50. The number of benzene rings is 1. The maximum absolute atomic E-state index is 4.26. The molecule has 0 saturated carbocycles. The molecule has 0 bridgehead atoms. The van der Waals surface area contributed by atoms with Gasteiger partial charge in [-0.15, -0.1) is 0 Å². The molecule has 1 aromatic carbocycles. The molecule has 0 aliphatic heterocycles. The molecule has 0 atom stereocenters. The van der Waals surface area contributed by atoms with Crippen molar-refractivity contribution in [2.24, 2.45) is 3.79 Å². The summed E-state index contributed by atoms with van der Waals surface area (Å²) in [6.07, 6.45) is 3.36. The van der Waals surface area contributed by atoms with Gasteiger partial charge < -0.3 is 0 Å². The van der Waals surface area contributed by atoms with Gasteiger partial charge in [-0.05, 0) is 0 Å². The first-order valence-electron chi connectivity index (χ1n) is 5.05. The van der Waals surface area contributed by atoms with Crippen molar-refractivity contribution in [1.82, 2.24) is 0 Å². The Balaban J connectivity index is 2.59. The molecule has 0 radical (unpaired) electrons. The molecule has 73 valence electrons. The van der Waals surface area contributed by atoms with Crippen molar-refractivity contribution in [2.45, 2.75) is 20.3 Å². The summed E-state index contributed by atoms with van der Waals surface area (Å²) >= 11 is 2.29. The number of hydrogen-bond acceptors (Lipinski definition) is 1. The molecule has 1 aromatic rings. The van der Waals surface area contributed by atoms with Gasteiger partial charge in [0.1, 0.15) is 0 Å². The molecular weight excluding hydrogens is 221 g/mol. The molecule has 0 heterocycles. The van der Waals surface area contributed by atoms with Crippen LogP contribution in [0.3, 0.4) is 0 Å². The van der Waals surface area contributed by atoms with Crippen LogP contribution >= 0.6 is 0 Å². The van der Waals surface area contributed by atoms with E-state index in [0.29, 0.717) is 0 Å². The van der Waals surface area contributed by atoms with Gasteiger partial charge in [-0.3, -0.25) is 0 Å². The van der Waals surface area contributed by atoms with Crippen molar-refractivity contribution in [3.63, 3.8) is 0 Å². The van der Waals surface area contributed by atoms with Crippen LogP contribution in [0.1, 0.15) is 25.8 Å². The Kier molecular flexibility index (Phi) is 3.04. The third-order valence-electron chi connectivity index (χ3n) is 2.82. The Morgan fingerprint density at radius 2 is 1.93 bits per heavy atom. The third kappa shape index (κ3) is 1.90. The van der Waals surface area contributed by atoms with E-state index in [0.717, 1.165) is 12.1 Å². The molecule has 0 spiro atoms. The molecule has 0 unspecified atom stereocenters. The van der Waals surface area contributed by atoms with Gasteiger partial charge in [-0.25, -0.2) is 0 Å². The van der Waals surface area contributed by atoms with Crippen LogP contribution in [0, 0.1) is 0 Å². The van der Waals surface area contributed by atoms with Crippen molar-refractivity contribution >= 4 is 11.3 Å². The fourth-order valence-electron chi connectivity index (χ4n) is 2.06. The van der Waals surface area contributed by atoms with Gasteiger partial charge in [0.05, 0.1) is 0 Å². The Hall–Kier alpha value is -0.916. The molecule has 1 nitrogen and oxygen atoms in total. The Bertz CT molecular complexity index is 469. The average Bonchev–Trinajstić information content (AvgIpc) is 2.59. The molecular formula is C13H13NV+2. The van der Waals surface area contributed by atoms with Crippen LogP contribution in [0.5, 0.6) is 0 Å². The normalized spacial score (nSPS) is 15.6. The van der Waals surface area contributed by atoms with Crippen molar-refractivity contribution in [3.8, 4) is 0 Å². The predicted octanol–water partition coefficient (Wildman–Crippen LogP) is 4.17. The van der Waals surface area contributed by atoms with E-state index >= 15 is 0 Å². The quantitative estimate of drug-likeness (QED) is 0.728. The Morgan fingerprint density at radius 3 is 2.53 bits per heavy atom. The molecule has 15 heavy (non-hydrogen) atoms. The summed E-state index contributed by atoms with van der Waals surface area (Å²) < 4.78 is 4.26. The first-order chi connectivity index (χ1) is 7.24. The second kappa shape index (κ2) is 4.30. The fourth-order valence-corrected chi connectivity index (χ4v) is 2.33. The standard InChI is InChI=1S/C13H13N.V/c1-9-7-8-10(2)13(9)11-5-3-4-6-12(11)14;/h3-7H,8H2,1-2H3;/q;+2. The van der Waals surface area contributed by atoms with Gasteiger partial charge in [-0.2, -0.15) is 0 Å². The molecule has 2 rings (SSSR count). The molecule has 0 amide bonds. The maximum atomic E-state index is 4.26. The Morgan fingerprint density at radius 1 is 1.20 bits per heavy atom. The minimum absolute atomic E-state index is 1.06. The summed E-state index contributed by atoms with van der Waals surface area (Å²) in [6.45, 7) is 4.37. The number of hydrogen-bond donors (Lipinski definition) is 0. The van der Waals surface area contributed by atoms with Crippen LogP contribution in [0.25, 0.3) is 5.57 Å². The van der Waals surface area contributed by atoms with Crippen molar-refractivity contribution in [3.05, 3.63) is 47.1 Å². The van der Waals surface area contributed by atoms with Crippen molar-refractivity contribution in [1.29, 1.82) is 0 Å². The monoisotopic (exact) mass is 234 g/mol. The van der Waals surface area contributed by atoms with Crippen LogP contribution in [0.15, 0.2) is 45.3 Å². The molecule has 0 saturated heterocycles. The SMILES string of the molecule is CC1=CCC(C)=C1c1ccccc1[N]=[V+2]. The summed E-state index contributed by atoms with van der Waals surface area (Å²) in [6, 6.07) is 8.30. The Labute approximate surface area is 99.7 Å². The number of rotatable bonds is 2. The first-order valence-corrected chi connectivity index (χ1v) is 5.68. The van der Waals surface area contributed by atoms with Gasteiger partial charge >= 0.3 is 99.6 Å². The van der Waals surface area contributed by atoms with Crippen molar-refractivity contribution in [2.75, 3.05) is 0 Å². The molecule has 0 fully saturated rings. The van der Waals surface area contributed by atoms with Crippen LogP contribution in [0.2, 0.25) is 0 Å². The summed E-state index contributed by atoms with van der Waals surface area (Å²) in [4.78, 5) is 0. The van der Waals surface area contributed by atoms with Gasteiger partial charge in [0.25, 0.3) is 0 Å². The fraction of sp³-hybridized carbons (Fsp3) is 0.231. The van der Waals surface area contributed by atoms with Gasteiger partial charge in [0.15, 0.2) is 0 Å². The van der Waals surface area contributed by atoms with Gasteiger partial charge in [-0.1, -0.05) is 0 Å². The van der Waals surface area contributed by atoms with Gasteiger partial charge in [0.2, 0.25) is 0 Å². The van der Waals surface area contributed by atoms with E-state index in [1.165, 1.54) is 22.3 Å². The second-order valence-electron chi connectivity index (χ2n) is 3.86. The van der Waals surface area contributed by atoms with Crippen LogP contribution in [0.4, 0.5) is 5.69 Å². The molecule has 0 aromatic heterocycles. The van der Waals surface area contributed by atoms with E-state index < -0.39 is 0 Å². The van der Waals surface area contributed by atoms with Crippen LogP contribution in [-0.4, -0.2) is 0 Å². The first kappa shape index (κ1) is 10.6. The summed E-state index contributed by atoms with van der Waals surface area (Å²) in [5.74, 6) is 0. The third-order valence-corrected chi connectivity index (χ3v) is 3.15. The second-order valence-corrected chi connectivity index (χ2v) is 4.18. The van der Waals surface area contributed by atoms with E-state index in [2.05, 4.69) is 59.1 Å². The number of nitrogens with zero attached hydrogens (tertiary/aromatic N) is 1. The number of allylic oxidation sites excluding steroid dienone is 4. The van der Waals surface area contributed by atoms with E-state index in [1.54, 1.807) is 0 Å². The predicted molar refractivity (Wildman–Crippen MR) is 59.5 cm³/mol. The molecule has 1 aliphatic carbocycles. The van der Waals surface area contributed by atoms with E-state index in [4.69, 9.17) is 0 Å². The van der Waals surface area contributed by atoms with Crippen LogP contribution < -0.4 is 0 Å². The summed E-state index contributed by atoms with van der Waals surface area (Å²) in [7, 11) is 0. The zero-order valence-electron chi connectivity index (χ0n) is 8.99. The molecule has 0 N–H and O–H groups in total. The zero-order valence-corrected chi connectivity index (χ0v) is 10.4. The molecule has 1 aliphatic rings. The van der Waals surface area contributed by atoms with Crippen molar-refractivity contribution < 1.29 is 17.2 Å². The zero-order chi connectivity index (χ0) is 10.8. The van der Waals surface area contributed by atoms with Gasteiger partial charge in [0, 0.05) is 0 Å². The van der Waals surface area contributed by atoms with Crippen LogP contribution in [-0.2, 0) is 17.2 Å².